The molecule has 1 amide bonds. The number of rotatable bonds is 9. The summed E-state index contributed by atoms with van der Waals surface area (Å²) < 4.78 is 16.6. The monoisotopic (exact) mass is 448 g/mol. The van der Waals surface area contributed by atoms with Crippen LogP contribution in [0.3, 0.4) is 0 Å². The van der Waals surface area contributed by atoms with Crippen molar-refractivity contribution in [3.63, 3.8) is 0 Å². The van der Waals surface area contributed by atoms with Gasteiger partial charge in [0.15, 0.2) is 11.5 Å². The van der Waals surface area contributed by atoms with Gasteiger partial charge in [-0.25, -0.2) is 0 Å². The molecule has 0 radical (unpaired) electrons. The first-order chi connectivity index (χ1) is 15.5. The Kier molecular flexibility index (Phi) is 9.20. The number of piperidine rings is 1. The largest absolute Gasteiger partial charge is 0.493 e. The SMILES string of the molecule is COCCCCN1CCC(O)(CNC(=O)c2ccc(OC)c3c2C(C)CCCCO3)CC1. The first-order valence-corrected chi connectivity index (χ1v) is 12.0. The van der Waals surface area contributed by atoms with Gasteiger partial charge in [-0.2, -0.15) is 0 Å². The number of carbonyl (C=O) groups is 1. The molecule has 1 aromatic rings. The van der Waals surface area contributed by atoms with E-state index in [9.17, 15) is 9.90 Å². The van der Waals surface area contributed by atoms with Gasteiger partial charge in [0.2, 0.25) is 0 Å². The molecule has 0 bridgehead atoms. The quantitative estimate of drug-likeness (QED) is 0.564. The van der Waals surface area contributed by atoms with Gasteiger partial charge < -0.3 is 29.5 Å². The summed E-state index contributed by atoms with van der Waals surface area (Å²) in [7, 11) is 3.36. The van der Waals surface area contributed by atoms with Gasteiger partial charge >= 0.3 is 0 Å². The Morgan fingerprint density at radius 1 is 1.25 bits per heavy atom. The number of carbonyl (C=O) groups excluding carboxylic acids is 1. The van der Waals surface area contributed by atoms with Crippen LogP contribution in [0.2, 0.25) is 0 Å². The first-order valence-electron chi connectivity index (χ1n) is 12.0. The maximum absolute atomic E-state index is 13.2. The van der Waals surface area contributed by atoms with Crippen LogP contribution in [0.4, 0.5) is 0 Å². The molecule has 2 aliphatic rings. The standard InChI is InChI=1S/C25H40N2O5/c1-19-8-4-6-17-32-23-21(31-3)10-9-20(22(19)23)24(28)26-18-25(29)11-14-27(15-12-25)13-5-7-16-30-2/h9-10,19,29H,4-8,11-18H2,1-3H3,(H,26,28). The van der Waals surface area contributed by atoms with E-state index in [0.717, 1.165) is 63.9 Å². The number of benzene rings is 1. The van der Waals surface area contributed by atoms with E-state index in [1.807, 2.05) is 6.07 Å². The van der Waals surface area contributed by atoms with E-state index in [0.29, 0.717) is 36.5 Å². The van der Waals surface area contributed by atoms with Crippen LogP contribution in [0.15, 0.2) is 12.1 Å². The van der Waals surface area contributed by atoms with Crippen molar-refractivity contribution in [1.29, 1.82) is 0 Å². The van der Waals surface area contributed by atoms with Crippen LogP contribution in [0, 0.1) is 0 Å². The number of nitrogens with zero attached hydrogens (tertiary/aromatic N) is 1. The normalized spacial score (nSPS) is 21.1. The number of likely N-dealkylation sites (tertiary alicyclic amines) is 1. The molecule has 7 heteroatoms. The van der Waals surface area contributed by atoms with Crippen molar-refractivity contribution in [3.8, 4) is 11.5 Å². The highest BCUT2D eigenvalue weighted by Gasteiger charge is 2.33. The summed E-state index contributed by atoms with van der Waals surface area (Å²) in [5.74, 6) is 1.40. The maximum atomic E-state index is 13.2. The van der Waals surface area contributed by atoms with E-state index in [-0.39, 0.29) is 18.4 Å². The molecular weight excluding hydrogens is 408 g/mol. The number of unbranched alkanes of at least 4 members (excludes halogenated alkanes) is 1. The van der Waals surface area contributed by atoms with Gasteiger partial charge in [0.05, 0.1) is 19.3 Å². The molecule has 2 heterocycles. The molecule has 7 nitrogen and oxygen atoms in total. The van der Waals surface area contributed by atoms with Gasteiger partial charge in [0.25, 0.3) is 5.91 Å². The molecule has 2 aliphatic heterocycles. The van der Waals surface area contributed by atoms with Gasteiger partial charge in [-0.15, -0.1) is 0 Å². The van der Waals surface area contributed by atoms with E-state index in [2.05, 4.69) is 17.1 Å². The molecule has 180 valence electrons. The fraction of sp³-hybridized carbons (Fsp3) is 0.720. The zero-order valence-electron chi connectivity index (χ0n) is 20.0. The molecule has 1 unspecified atom stereocenters. The summed E-state index contributed by atoms with van der Waals surface area (Å²) in [5.41, 5.74) is 0.677. The molecule has 0 aromatic heterocycles. The highest BCUT2D eigenvalue weighted by atomic mass is 16.5. The van der Waals surface area contributed by atoms with Gasteiger partial charge in [0.1, 0.15) is 0 Å². The molecular formula is C25H40N2O5. The second kappa shape index (κ2) is 11.9. The number of ether oxygens (including phenoxy) is 3. The minimum absolute atomic E-state index is 0.157. The molecule has 1 saturated heterocycles. The minimum atomic E-state index is -0.859. The van der Waals surface area contributed by atoms with Crippen molar-refractivity contribution >= 4 is 5.91 Å². The third-order valence-electron chi connectivity index (χ3n) is 6.83. The number of nitrogens with one attached hydrogen (secondary N) is 1. The predicted octanol–water partition coefficient (Wildman–Crippen LogP) is 3.34. The Hall–Kier alpha value is -1.83. The van der Waals surface area contributed by atoms with Crippen LogP contribution >= 0.6 is 0 Å². The average Bonchev–Trinajstić information content (AvgIpc) is 2.79. The minimum Gasteiger partial charge on any atom is -0.493 e. The number of fused-ring (bicyclic) bond motifs is 1. The second-order valence-corrected chi connectivity index (χ2v) is 9.25. The lowest BCUT2D eigenvalue weighted by atomic mass is 9.88. The summed E-state index contributed by atoms with van der Waals surface area (Å²) in [6.07, 6.45) is 6.57. The van der Waals surface area contributed by atoms with E-state index in [1.165, 1.54) is 0 Å². The Bertz CT molecular complexity index is 746. The first kappa shape index (κ1) is 24.8. The number of amides is 1. The Morgan fingerprint density at radius 2 is 2.03 bits per heavy atom. The highest BCUT2D eigenvalue weighted by molar-refractivity contribution is 5.97. The molecule has 3 rings (SSSR count). The lowest BCUT2D eigenvalue weighted by Gasteiger charge is -2.38. The summed E-state index contributed by atoms with van der Waals surface area (Å²) in [6, 6.07) is 3.62. The van der Waals surface area contributed by atoms with Crippen LogP contribution in [-0.4, -0.2) is 75.1 Å². The molecule has 32 heavy (non-hydrogen) atoms. The zero-order valence-corrected chi connectivity index (χ0v) is 20.0. The van der Waals surface area contributed by atoms with Gasteiger partial charge in [0, 0.05) is 44.5 Å². The zero-order chi connectivity index (χ0) is 23.0. The number of aliphatic hydroxyl groups is 1. The smallest absolute Gasteiger partial charge is 0.251 e. The van der Waals surface area contributed by atoms with Crippen molar-refractivity contribution < 1.29 is 24.1 Å². The Balaban J connectivity index is 1.61. The van der Waals surface area contributed by atoms with Crippen LogP contribution in [0.5, 0.6) is 11.5 Å². The lowest BCUT2D eigenvalue weighted by Crippen LogP contribution is -2.51. The maximum Gasteiger partial charge on any atom is 0.251 e. The summed E-state index contributed by atoms with van der Waals surface area (Å²) in [5, 5.41) is 14.1. The third-order valence-corrected chi connectivity index (χ3v) is 6.83. The van der Waals surface area contributed by atoms with Crippen LogP contribution < -0.4 is 14.8 Å². The topological polar surface area (TPSA) is 80.3 Å². The van der Waals surface area contributed by atoms with E-state index in [4.69, 9.17) is 14.2 Å². The Morgan fingerprint density at radius 3 is 2.75 bits per heavy atom. The van der Waals surface area contributed by atoms with Crippen molar-refractivity contribution in [2.75, 3.05) is 53.6 Å². The molecule has 2 N–H and O–H groups in total. The van der Waals surface area contributed by atoms with Crippen molar-refractivity contribution in [2.24, 2.45) is 0 Å². The average molecular weight is 449 g/mol. The predicted molar refractivity (Wildman–Crippen MR) is 125 cm³/mol. The van der Waals surface area contributed by atoms with Crippen molar-refractivity contribution in [2.45, 2.75) is 63.4 Å². The second-order valence-electron chi connectivity index (χ2n) is 9.25. The summed E-state index contributed by atoms with van der Waals surface area (Å²) in [4.78, 5) is 15.6. The molecule has 1 atom stereocenters. The lowest BCUT2D eigenvalue weighted by molar-refractivity contribution is -0.0194. The third kappa shape index (κ3) is 6.36. The van der Waals surface area contributed by atoms with Gasteiger partial charge in [-0.1, -0.05) is 6.92 Å². The number of hydrogen-bond donors (Lipinski definition) is 2. The number of hydrogen-bond acceptors (Lipinski definition) is 6. The van der Waals surface area contributed by atoms with Crippen molar-refractivity contribution in [1.82, 2.24) is 10.2 Å². The van der Waals surface area contributed by atoms with E-state index in [1.54, 1.807) is 20.3 Å². The molecule has 0 spiro atoms. The summed E-state index contributed by atoms with van der Waals surface area (Å²) in [6.45, 7) is 6.55. The van der Waals surface area contributed by atoms with E-state index < -0.39 is 5.60 Å². The van der Waals surface area contributed by atoms with E-state index >= 15 is 0 Å². The molecule has 0 saturated carbocycles. The molecule has 1 fully saturated rings. The van der Waals surface area contributed by atoms with Gasteiger partial charge in [-0.05, 0) is 69.5 Å². The molecule has 0 aliphatic carbocycles. The number of methoxy groups -OCH3 is 2. The molecule has 1 aromatic carbocycles. The van der Waals surface area contributed by atoms with Crippen LogP contribution in [-0.2, 0) is 4.74 Å². The highest BCUT2D eigenvalue weighted by Crippen LogP contribution is 2.41. The van der Waals surface area contributed by atoms with Crippen molar-refractivity contribution in [3.05, 3.63) is 23.3 Å². The fourth-order valence-electron chi connectivity index (χ4n) is 4.74. The fourth-order valence-corrected chi connectivity index (χ4v) is 4.74. The summed E-state index contributed by atoms with van der Waals surface area (Å²) >= 11 is 0. The van der Waals surface area contributed by atoms with Crippen LogP contribution in [0.1, 0.15) is 73.7 Å². The van der Waals surface area contributed by atoms with Crippen LogP contribution in [0.25, 0.3) is 0 Å². The Labute approximate surface area is 192 Å². The van der Waals surface area contributed by atoms with Gasteiger partial charge in [-0.3, -0.25) is 4.79 Å².